The molecule has 0 heterocycles. The van der Waals surface area contributed by atoms with Crippen LogP contribution in [0.5, 0.6) is 0 Å². The first-order valence-electron chi connectivity index (χ1n) is 2.87. The van der Waals surface area contributed by atoms with E-state index < -0.39 is 26.1 Å². The van der Waals surface area contributed by atoms with E-state index in [1.165, 1.54) is 0 Å². The van der Waals surface area contributed by atoms with Crippen molar-refractivity contribution in [2.45, 2.75) is 6.42 Å². The molecule has 0 saturated heterocycles. The monoisotopic (exact) mass is 245 g/mol. The minimum absolute atomic E-state index is 0. The summed E-state index contributed by atoms with van der Waals surface area (Å²) in [7, 11) is -4.72. The molecule has 1 amide bonds. The van der Waals surface area contributed by atoms with Gasteiger partial charge < -0.3 is 9.79 Å². The van der Waals surface area contributed by atoms with E-state index >= 15 is 0 Å². The Balaban J connectivity index is -0.000000605. The van der Waals surface area contributed by atoms with Crippen LogP contribution in [0.3, 0.4) is 0 Å². The predicted octanol–water partition coefficient (Wildman–Crippen LogP) is -2.37. The van der Waals surface area contributed by atoms with Crippen molar-refractivity contribution in [2.24, 2.45) is 0 Å². The summed E-state index contributed by atoms with van der Waals surface area (Å²) >= 11 is 0. The molecule has 10 heteroatoms. The van der Waals surface area contributed by atoms with Crippen LogP contribution in [0.25, 0.3) is 0 Å². The summed E-state index contributed by atoms with van der Waals surface area (Å²) < 4.78 is 10.2. The molecule has 0 radical (unpaired) electrons. The number of hydroxylamine groups is 2. The van der Waals surface area contributed by atoms with Crippen molar-refractivity contribution in [2.75, 3.05) is 6.54 Å². The zero-order chi connectivity index (χ0) is 9.78. The molecule has 0 aliphatic heterocycles. The molecule has 14 heavy (non-hydrogen) atoms. The van der Waals surface area contributed by atoms with Gasteiger partial charge in [0.25, 0.3) is 0 Å². The second kappa shape index (κ2) is 9.47. The summed E-state index contributed by atoms with van der Waals surface area (Å²) in [5, 5.41) is 8.57. The predicted molar refractivity (Wildman–Crippen MR) is 50.5 cm³/mol. The molecule has 0 rings (SSSR count). The van der Waals surface area contributed by atoms with Gasteiger partial charge in [-0.05, 0) is 0 Å². The molecular formula is C4H10NNa2O6P. The van der Waals surface area contributed by atoms with Crippen LogP contribution in [-0.4, -0.2) is 97.7 Å². The summed E-state index contributed by atoms with van der Waals surface area (Å²) in [4.78, 5) is 36.7. The van der Waals surface area contributed by atoms with Crippen LogP contribution in [0.15, 0.2) is 0 Å². The van der Waals surface area contributed by atoms with Crippen LogP contribution in [-0.2, 0) is 14.2 Å². The molecule has 0 bridgehead atoms. The molecule has 0 atom stereocenters. The van der Waals surface area contributed by atoms with Gasteiger partial charge in [0.05, 0.1) is 6.54 Å². The van der Waals surface area contributed by atoms with Gasteiger partial charge in [0.2, 0.25) is 11.9 Å². The van der Waals surface area contributed by atoms with E-state index in [1.54, 1.807) is 0 Å². The van der Waals surface area contributed by atoms with Crippen LogP contribution in [0.2, 0.25) is 0 Å². The van der Waals surface area contributed by atoms with Crippen molar-refractivity contribution >= 4 is 78.6 Å². The molecule has 0 unspecified atom stereocenters. The SMILES string of the molecule is O=CN(O)CCC(=O)P(=O)(O)O.[NaH].[NaH]. The Morgan fingerprint density at radius 1 is 1.36 bits per heavy atom. The minimum atomic E-state index is -4.72. The number of rotatable bonds is 5. The third kappa shape index (κ3) is 9.79. The summed E-state index contributed by atoms with van der Waals surface area (Å²) in [5.41, 5.74) is -1.30. The van der Waals surface area contributed by atoms with Crippen LogP contribution >= 0.6 is 7.60 Å². The molecule has 74 valence electrons. The van der Waals surface area contributed by atoms with Gasteiger partial charge in [0.1, 0.15) is 0 Å². The number of carbonyl (C=O) groups excluding carboxylic acids is 2. The first kappa shape index (κ1) is 20.6. The number of carbonyl (C=O) groups is 2. The van der Waals surface area contributed by atoms with Gasteiger partial charge in [-0.3, -0.25) is 19.4 Å². The Morgan fingerprint density at radius 2 is 1.79 bits per heavy atom. The van der Waals surface area contributed by atoms with Crippen molar-refractivity contribution in [3.8, 4) is 0 Å². The molecule has 3 N–H and O–H groups in total. The van der Waals surface area contributed by atoms with E-state index in [9.17, 15) is 14.2 Å². The van der Waals surface area contributed by atoms with Gasteiger partial charge in [-0.1, -0.05) is 0 Å². The van der Waals surface area contributed by atoms with Gasteiger partial charge in [-0.15, -0.1) is 0 Å². The molecule has 0 aliphatic carbocycles. The summed E-state index contributed by atoms with van der Waals surface area (Å²) in [5.74, 6) is 0. The summed E-state index contributed by atoms with van der Waals surface area (Å²) in [6.07, 6.45) is -0.535. The number of nitrogens with zero attached hydrogens (tertiary/aromatic N) is 1. The molecule has 0 fully saturated rings. The van der Waals surface area contributed by atoms with Crippen LogP contribution in [0.4, 0.5) is 0 Å². The van der Waals surface area contributed by atoms with Crippen molar-refractivity contribution < 1.29 is 29.1 Å². The Bertz CT molecular complexity index is 230. The average molecular weight is 245 g/mol. The summed E-state index contributed by atoms with van der Waals surface area (Å²) in [6, 6.07) is 0. The van der Waals surface area contributed by atoms with E-state index in [0.717, 1.165) is 0 Å². The zero-order valence-corrected chi connectivity index (χ0v) is 6.85. The Labute approximate surface area is 125 Å². The normalized spacial score (nSPS) is 9.36. The van der Waals surface area contributed by atoms with E-state index in [-0.39, 0.29) is 70.6 Å². The Morgan fingerprint density at radius 3 is 2.07 bits per heavy atom. The van der Waals surface area contributed by atoms with Crippen LogP contribution in [0.1, 0.15) is 6.42 Å². The molecule has 0 aliphatic rings. The first-order chi connectivity index (χ1) is 5.38. The molecule has 0 saturated carbocycles. The Hall–Kier alpha value is 1.25. The molecule has 0 aromatic carbocycles. The van der Waals surface area contributed by atoms with E-state index in [4.69, 9.17) is 15.0 Å². The molecule has 7 nitrogen and oxygen atoms in total. The average Bonchev–Trinajstić information content (AvgIpc) is 1.97. The molecule has 0 aromatic rings. The third-order valence-corrected chi connectivity index (χ3v) is 1.87. The zero-order valence-electron chi connectivity index (χ0n) is 5.95. The summed E-state index contributed by atoms with van der Waals surface area (Å²) in [6.45, 7) is -0.423. The Kier molecular flexibility index (Phi) is 14.0. The van der Waals surface area contributed by atoms with Gasteiger partial charge in [-0.2, -0.15) is 0 Å². The molecular weight excluding hydrogens is 235 g/mol. The van der Waals surface area contributed by atoms with E-state index in [0.29, 0.717) is 0 Å². The fourth-order valence-corrected chi connectivity index (χ4v) is 0.800. The first-order valence-corrected chi connectivity index (χ1v) is 4.49. The van der Waals surface area contributed by atoms with Crippen LogP contribution < -0.4 is 0 Å². The second-order valence-corrected chi connectivity index (χ2v) is 3.54. The third-order valence-electron chi connectivity index (χ3n) is 1.00. The van der Waals surface area contributed by atoms with Gasteiger partial charge in [0.15, 0.2) is 0 Å². The number of hydrogen-bond donors (Lipinski definition) is 3. The fraction of sp³-hybridized carbons (Fsp3) is 0.500. The van der Waals surface area contributed by atoms with Crippen molar-refractivity contribution in [1.82, 2.24) is 5.06 Å². The van der Waals surface area contributed by atoms with Gasteiger partial charge in [0, 0.05) is 6.42 Å². The topological polar surface area (TPSA) is 115 Å². The maximum atomic E-state index is 10.5. The maximum absolute atomic E-state index is 10.5. The fourth-order valence-electron chi connectivity index (χ4n) is 0.409. The number of amides is 1. The molecule has 0 aromatic heterocycles. The number of hydrogen-bond acceptors (Lipinski definition) is 4. The van der Waals surface area contributed by atoms with E-state index in [2.05, 4.69) is 0 Å². The van der Waals surface area contributed by atoms with Crippen LogP contribution in [0, 0.1) is 0 Å². The van der Waals surface area contributed by atoms with E-state index in [1.807, 2.05) is 0 Å². The van der Waals surface area contributed by atoms with Crippen molar-refractivity contribution in [3.63, 3.8) is 0 Å². The van der Waals surface area contributed by atoms with Crippen molar-refractivity contribution in [3.05, 3.63) is 0 Å². The standard InChI is InChI=1S/C4H8NO6P.2Na.2H/c6-3-5(8)2-1-4(7)12(9,10)11;;;;/h3,8H,1-2H2,(H2,9,10,11);;;;. The van der Waals surface area contributed by atoms with Gasteiger partial charge in [-0.25, -0.2) is 5.06 Å². The second-order valence-electron chi connectivity index (χ2n) is 1.96. The molecule has 0 spiro atoms. The van der Waals surface area contributed by atoms with Crippen molar-refractivity contribution in [1.29, 1.82) is 0 Å². The van der Waals surface area contributed by atoms with Gasteiger partial charge >= 0.3 is 66.7 Å². The quantitative estimate of drug-likeness (QED) is 0.164.